The van der Waals surface area contributed by atoms with Gasteiger partial charge < -0.3 is 15.1 Å². The van der Waals surface area contributed by atoms with Gasteiger partial charge in [-0.1, -0.05) is 19.3 Å². The molecule has 1 aromatic rings. The summed E-state index contributed by atoms with van der Waals surface area (Å²) < 4.78 is 38.5. The van der Waals surface area contributed by atoms with E-state index in [9.17, 15) is 22.8 Å². The van der Waals surface area contributed by atoms with Crippen LogP contribution in [0.3, 0.4) is 0 Å². The Balaban J connectivity index is 1.31. The third-order valence-corrected chi connectivity index (χ3v) is 7.74. The van der Waals surface area contributed by atoms with E-state index in [1.165, 1.54) is 31.4 Å². The maximum absolute atomic E-state index is 13.3. The molecule has 2 amide bonds. The minimum Gasteiger partial charge on any atom is -0.353 e. The highest BCUT2D eigenvalue weighted by atomic mass is 19.4. The summed E-state index contributed by atoms with van der Waals surface area (Å²) in [7, 11) is 0. The Bertz CT molecular complexity index is 841. The van der Waals surface area contributed by atoms with Crippen LogP contribution in [0.4, 0.5) is 13.2 Å². The number of nitrogens with one attached hydrogen (secondary N) is 1. The predicted octanol–water partition coefficient (Wildman–Crippen LogP) is 3.62. The number of carbonyl (C=O) groups excluding carboxylic acids is 2. The van der Waals surface area contributed by atoms with Crippen LogP contribution in [-0.4, -0.2) is 84.9 Å². The Hall–Kier alpha value is -2.13. The second kappa shape index (κ2) is 11.7. The Morgan fingerprint density at radius 1 is 0.886 bits per heavy atom. The number of amides is 2. The van der Waals surface area contributed by atoms with E-state index >= 15 is 0 Å². The number of hydrogen-bond acceptors (Lipinski definition) is 4. The van der Waals surface area contributed by atoms with Crippen LogP contribution in [0.25, 0.3) is 0 Å². The van der Waals surface area contributed by atoms with Gasteiger partial charge in [-0.15, -0.1) is 0 Å². The largest absolute Gasteiger partial charge is 0.416 e. The molecule has 1 atom stereocenters. The Labute approximate surface area is 205 Å². The fraction of sp³-hybridized carbons (Fsp3) is 0.692. The number of rotatable bonds is 7. The van der Waals surface area contributed by atoms with Crippen molar-refractivity contribution in [2.75, 3.05) is 52.4 Å². The number of piperidine rings is 1. The summed E-state index contributed by atoms with van der Waals surface area (Å²) >= 11 is 0. The van der Waals surface area contributed by atoms with Crippen molar-refractivity contribution in [2.45, 2.75) is 57.2 Å². The van der Waals surface area contributed by atoms with Gasteiger partial charge in [-0.3, -0.25) is 14.5 Å². The summed E-state index contributed by atoms with van der Waals surface area (Å²) in [6.07, 6.45) is 3.73. The lowest BCUT2D eigenvalue weighted by Gasteiger charge is -2.41. The molecule has 2 heterocycles. The average Bonchev–Trinajstić information content (AvgIpc) is 3.39. The monoisotopic (exact) mass is 494 g/mol. The lowest BCUT2D eigenvalue weighted by molar-refractivity contribution is -0.137. The molecular formula is C26H37F3N4O2. The highest BCUT2D eigenvalue weighted by molar-refractivity contribution is 5.94. The van der Waals surface area contributed by atoms with E-state index in [2.05, 4.69) is 15.1 Å². The van der Waals surface area contributed by atoms with Crippen molar-refractivity contribution in [2.24, 2.45) is 5.92 Å². The fourth-order valence-corrected chi connectivity index (χ4v) is 5.76. The van der Waals surface area contributed by atoms with Crippen molar-refractivity contribution >= 4 is 11.8 Å². The minimum absolute atomic E-state index is 0.0939. The van der Waals surface area contributed by atoms with Gasteiger partial charge in [0, 0.05) is 44.8 Å². The number of hydrogen-bond donors (Lipinski definition) is 1. The van der Waals surface area contributed by atoms with E-state index in [1.807, 2.05) is 0 Å². The highest BCUT2D eigenvalue weighted by Crippen LogP contribution is 2.32. The van der Waals surface area contributed by atoms with E-state index in [4.69, 9.17) is 0 Å². The highest BCUT2D eigenvalue weighted by Gasteiger charge is 2.37. The lowest BCUT2D eigenvalue weighted by Crippen LogP contribution is -2.58. The van der Waals surface area contributed by atoms with Gasteiger partial charge in [0.15, 0.2) is 0 Å². The van der Waals surface area contributed by atoms with Crippen molar-refractivity contribution in [3.05, 3.63) is 35.4 Å². The van der Waals surface area contributed by atoms with Crippen molar-refractivity contribution < 1.29 is 22.8 Å². The minimum atomic E-state index is -4.42. The maximum atomic E-state index is 13.3. The molecule has 4 rings (SSSR count). The first-order valence-corrected chi connectivity index (χ1v) is 13.0. The Morgan fingerprint density at radius 3 is 2.11 bits per heavy atom. The van der Waals surface area contributed by atoms with Gasteiger partial charge in [0.2, 0.25) is 5.91 Å². The third-order valence-electron chi connectivity index (χ3n) is 7.74. The summed E-state index contributed by atoms with van der Waals surface area (Å²) in [6.45, 7) is 5.87. The molecule has 6 nitrogen and oxygen atoms in total. The number of alkyl halides is 3. The molecule has 2 aliphatic heterocycles. The summed E-state index contributed by atoms with van der Waals surface area (Å²) in [5, 5.41) is 3.19. The predicted molar refractivity (Wildman–Crippen MR) is 128 cm³/mol. The molecule has 1 saturated carbocycles. The van der Waals surface area contributed by atoms with Crippen molar-refractivity contribution in [1.29, 1.82) is 0 Å². The number of benzene rings is 1. The normalized spacial score (nSPS) is 21.7. The summed E-state index contributed by atoms with van der Waals surface area (Å²) in [5.41, 5.74) is -0.501. The Morgan fingerprint density at radius 2 is 1.51 bits per heavy atom. The first-order chi connectivity index (χ1) is 16.8. The van der Waals surface area contributed by atoms with Gasteiger partial charge >= 0.3 is 6.18 Å². The van der Waals surface area contributed by atoms with Crippen LogP contribution in [-0.2, 0) is 11.0 Å². The van der Waals surface area contributed by atoms with Crippen LogP contribution >= 0.6 is 0 Å². The zero-order chi connectivity index (χ0) is 24.8. The smallest absolute Gasteiger partial charge is 0.353 e. The molecule has 3 aliphatic rings. The van der Waals surface area contributed by atoms with Crippen LogP contribution < -0.4 is 5.32 Å². The molecule has 1 aliphatic carbocycles. The van der Waals surface area contributed by atoms with E-state index in [0.717, 1.165) is 57.5 Å². The number of carbonyl (C=O) groups is 2. The number of piperazine rings is 1. The first kappa shape index (κ1) is 25.9. The van der Waals surface area contributed by atoms with E-state index < -0.39 is 11.7 Å². The standard InChI is InChI=1S/C26H37F3N4O2/c27-26(28,29)22-10-8-21(9-11-22)25(35)33-18-16-32(17-19-33)23(20-6-2-3-7-20)24(34)30-12-15-31-13-4-1-5-14-31/h8-11,20,23H,1-7,12-19H2,(H,30,34). The number of nitrogens with zero attached hydrogens (tertiary/aromatic N) is 3. The zero-order valence-electron chi connectivity index (χ0n) is 20.4. The molecule has 35 heavy (non-hydrogen) atoms. The van der Waals surface area contributed by atoms with E-state index in [0.29, 0.717) is 38.6 Å². The summed E-state index contributed by atoms with van der Waals surface area (Å²) in [4.78, 5) is 32.4. The van der Waals surface area contributed by atoms with Crippen LogP contribution in [0, 0.1) is 5.92 Å². The summed E-state index contributed by atoms with van der Waals surface area (Å²) in [5.74, 6) is 0.167. The number of halogens is 3. The fourth-order valence-electron chi connectivity index (χ4n) is 5.76. The second-order valence-electron chi connectivity index (χ2n) is 10.1. The van der Waals surface area contributed by atoms with Gasteiger partial charge in [0.25, 0.3) is 5.91 Å². The molecule has 1 unspecified atom stereocenters. The van der Waals surface area contributed by atoms with Crippen molar-refractivity contribution in [3.63, 3.8) is 0 Å². The summed E-state index contributed by atoms with van der Waals surface area (Å²) in [6, 6.07) is 4.22. The van der Waals surface area contributed by atoms with Gasteiger partial charge in [0.1, 0.15) is 0 Å². The zero-order valence-corrected chi connectivity index (χ0v) is 20.4. The molecule has 1 N–H and O–H groups in total. The lowest BCUT2D eigenvalue weighted by atomic mass is 9.95. The van der Waals surface area contributed by atoms with Crippen molar-refractivity contribution in [3.8, 4) is 0 Å². The van der Waals surface area contributed by atoms with Gasteiger partial charge in [-0.05, 0) is 69.0 Å². The maximum Gasteiger partial charge on any atom is 0.416 e. The quantitative estimate of drug-likeness (QED) is 0.629. The van der Waals surface area contributed by atoms with Crippen molar-refractivity contribution in [1.82, 2.24) is 20.0 Å². The average molecular weight is 495 g/mol. The Kier molecular flexibility index (Phi) is 8.70. The van der Waals surface area contributed by atoms with E-state index in [1.54, 1.807) is 4.90 Å². The molecule has 2 saturated heterocycles. The first-order valence-electron chi connectivity index (χ1n) is 13.0. The molecule has 0 aromatic heterocycles. The molecule has 0 spiro atoms. The van der Waals surface area contributed by atoms with Crippen LogP contribution in [0.5, 0.6) is 0 Å². The molecule has 3 fully saturated rings. The van der Waals surface area contributed by atoms with E-state index in [-0.39, 0.29) is 23.4 Å². The molecule has 0 bridgehead atoms. The van der Waals surface area contributed by atoms with Crippen LogP contribution in [0.15, 0.2) is 24.3 Å². The number of likely N-dealkylation sites (tertiary alicyclic amines) is 1. The molecular weight excluding hydrogens is 457 g/mol. The van der Waals surface area contributed by atoms with Gasteiger partial charge in [-0.2, -0.15) is 13.2 Å². The van der Waals surface area contributed by atoms with Crippen LogP contribution in [0.2, 0.25) is 0 Å². The van der Waals surface area contributed by atoms with Gasteiger partial charge in [-0.25, -0.2) is 0 Å². The second-order valence-corrected chi connectivity index (χ2v) is 10.1. The molecule has 0 radical (unpaired) electrons. The molecule has 1 aromatic carbocycles. The van der Waals surface area contributed by atoms with Crippen LogP contribution in [0.1, 0.15) is 60.9 Å². The molecule has 194 valence electrons. The third kappa shape index (κ3) is 6.76. The SMILES string of the molecule is O=C(NCCN1CCCCC1)C(C1CCCC1)N1CCN(C(=O)c2ccc(C(F)(F)F)cc2)CC1. The van der Waals surface area contributed by atoms with Gasteiger partial charge in [0.05, 0.1) is 11.6 Å². The molecule has 9 heteroatoms. The topological polar surface area (TPSA) is 55.9 Å².